The Morgan fingerprint density at radius 2 is 1.69 bits per heavy atom. The third-order valence-corrected chi connectivity index (χ3v) is 6.71. The molecule has 4 heteroatoms. The van der Waals surface area contributed by atoms with Gasteiger partial charge in [0.15, 0.2) is 0 Å². The Labute approximate surface area is 155 Å². The average Bonchev–Trinajstić information content (AvgIpc) is 3.17. The fourth-order valence-corrected chi connectivity index (χ4v) is 5.29. The van der Waals surface area contributed by atoms with E-state index in [0.29, 0.717) is 18.0 Å². The summed E-state index contributed by atoms with van der Waals surface area (Å²) in [5, 5.41) is 0. The lowest BCUT2D eigenvalue weighted by molar-refractivity contribution is 0.0572. The number of hydrogen-bond acceptors (Lipinski definition) is 2. The number of carbonyl (C=O) groups is 1. The average molecular weight is 349 g/mol. The van der Waals surface area contributed by atoms with Crippen molar-refractivity contribution in [3.8, 4) is 0 Å². The minimum absolute atomic E-state index is 0.212. The lowest BCUT2D eigenvalue weighted by Gasteiger charge is -2.36. The van der Waals surface area contributed by atoms with Gasteiger partial charge in [0.05, 0.1) is 0 Å². The molecule has 26 heavy (non-hydrogen) atoms. The highest BCUT2D eigenvalue weighted by atomic mass is 16.2. The standard InChI is InChI=1S/C22H27N3O/c1-23-10-4-7-21(23)22(26)25-14-16-8-9-19(25)15-24(13-16)20-11-17-5-2-3-6-18(17)12-20/h2-7,10,16,19-20H,8-9,11-15H2,1H3/t16-,19+/m0/s1. The molecule has 0 radical (unpaired) electrons. The van der Waals surface area contributed by atoms with Crippen molar-refractivity contribution in [2.75, 3.05) is 19.6 Å². The van der Waals surface area contributed by atoms with Crippen LogP contribution >= 0.6 is 0 Å². The van der Waals surface area contributed by atoms with Gasteiger partial charge in [0.1, 0.15) is 5.69 Å². The van der Waals surface area contributed by atoms with E-state index >= 15 is 0 Å². The quantitative estimate of drug-likeness (QED) is 0.834. The number of benzene rings is 1. The molecule has 4 heterocycles. The van der Waals surface area contributed by atoms with Gasteiger partial charge in [-0.3, -0.25) is 9.69 Å². The number of rotatable bonds is 2. The molecule has 1 aromatic carbocycles. The molecule has 0 N–H and O–H groups in total. The van der Waals surface area contributed by atoms with E-state index < -0.39 is 0 Å². The number of amides is 1. The number of aromatic nitrogens is 1. The zero-order valence-corrected chi connectivity index (χ0v) is 15.5. The van der Waals surface area contributed by atoms with Gasteiger partial charge in [-0.25, -0.2) is 0 Å². The molecule has 2 atom stereocenters. The van der Waals surface area contributed by atoms with Crippen LogP contribution in [0.1, 0.15) is 34.5 Å². The summed E-state index contributed by atoms with van der Waals surface area (Å²) in [7, 11) is 1.96. The van der Waals surface area contributed by atoms with E-state index in [-0.39, 0.29) is 5.91 Å². The molecule has 4 aliphatic rings. The van der Waals surface area contributed by atoms with E-state index in [2.05, 4.69) is 34.1 Å². The smallest absolute Gasteiger partial charge is 0.270 e. The summed E-state index contributed by atoms with van der Waals surface area (Å²) < 4.78 is 1.95. The van der Waals surface area contributed by atoms with Crippen LogP contribution in [0, 0.1) is 5.92 Å². The van der Waals surface area contributed by atoms with Gasteiger partial charge in [0.2, 0.25) is 0 Å². The van der Waals surface area contributed by atoms with Crippen molar-refractivity contribution in [3.05, 3.63) is 59.4 Å². The fraction of sp³-hybridized carbons (Fsp3) is 0.500. The summed E-state index contributed by atoms with van der Waals surface area (Å²) in [6.45, 7) is 3.10. The molecule has 1 amide bonds. The summed E-state index contributed by atoms with van der Waals surface area (Å²) in [4.78, 5) is 18.0. The van der Waals surface area contributed by atoms with Crippen LogP contribution in [-0.2, 0) is 19.9 Å². The predicted octanol–water partition coefficient (Wildman–Crippen LogP) is 2.73. The maximum absolute atomic E-state index is 13.1. The van der Waals surface area contributed by atoms with Gasteiger partial charge in [-0.05, 0) is 54.9 Å². The van der Waals surface area contributed by atoms with Gasteiger partial charge < -0.3 is 9.47 Å². The molecule has 3 fully saturated rings. The van der Waals surface area contributed by atoms with Crippen LogP contribution in [0.3, 0.4) is 0 Å². The second-order valence-electron chi connectivity index (χ2n) is 8.34. The SMILES string of the molecule is Cn1cccc1C(=O)N1C[C@H]2CC[C@@H]1CN(C1Cc3ccccc3C1)C2. The molecule has 2 bridgehead atoms. The van der Waals surface area contributed by atoms with Crippen LogP contribution in [-0.4, -0.2) is 52.0 Å². The van der Waals surface area contributed by atoms with Gasteiger partial charge in [0, 0.05) is 45.0 Å². The summed E-state index contributed by atoms with van der Waals surface area (Å²) in [6.07, 6.45) is 6.71. The van der Waals surface area contributed by atoms with Crippen LogP contribution in [0.25, 0.3) is 0 Å². The summed E-state index contributed by atoms with van der Waals surface area (Å²) in [5.74, 6) is 0.824. The molecule has 136 valence electrons. The van der Waals surface area contributed by atoms with Crippen LogP contribution in [0.2, 0.25) is 0 Å². The van der Waals surface area contributed by atoms with Gasteiger partial charge in [-0.1, -0.05) is 24.3 Å². The normalized spacial score (nSPS) is 26.1. The predicted molar refractivity (Wildman–Crippen MR) is 102 cm³/mol. The first kappa shape index (κ1) is 16.1. The van der Waals surface area contributed by atoms with Gasteiger partial charge in [-0.15, -0.1) is 0 Å². The Kier molecular flexibility index (Phi) is 3.89. The van der Waals surface area contributed by atoms with Crippen LogP contribution in [0.4, 0.5) is 0 Å². The van der Waals surface area contributed by atoms with Crippen LogP contribution < -0.4 is 0 Å². The lowest BCUT2D eigenvalue weighted by atomic mass is 9.94. The maximum Gasteiger partial charge on any atom is 0.270 e. The first-order chi connectivity index (χ1) is 12.7. The monoisotopic (exact) mass is 349 g/mol. The van der Waals surface area contributed by atoms with Gasteiger partial charge >= 0.3 is 0 Å². The Morgan fingerprint density at radius 3 is 2.38 bits per heavy atom. The van der Waals surface area contributed by atoms with E-state index in [1.807, 2.05) is 29.9 Å². The van der Waals surface area contributed by atoms with E-state index in [4.69, 9.17) is 0 Å². The molecule has 0 saturated carbocycles. The molecule has 1 aliphatic carbocycles. The minimum Gasteiger partial charge on any atom is -0.347 e. The maximum atomic E-state index is 13.1. The highest BCUT2D eigenvalue weighted by molar-refractivity contribution is 5.93. The van der Waals surface area contributed by atoms with E-state index in [1.54, 1.807) is 0 Å². The van der Waals surface area contributed by atoms with E-state index in [9.17, 15) is 4.79 Å². The zero-order chi connectivity index (χ0) is 17.7. The largest absolute Gasteiger partial charge is 0.347 e. The van der Waals surface area contributed by atoms with Crippen molar-refractivity contribution in [2.24, 2.45) is 13.0 Å². The number of carbonyl (C=O) groups excluding carboxylic acids is 1. The lowest BCUT2D eigenvalue weighted by Crippen LogP contribution is -2.48. The molecule has 3 saturated heterocycles. The Morgan fingerprint density at radius 1 is 0.923 bits per heavy atom. The second kappa shape index (κ2) is 6.27. The van der Waals surface area contributed by atoms with Gasteiger partial charge in [-0.2, -0.15) is 0 Å². The molecule has 2 aromatic rings. The highest BCUT2D eigenvalue weighted by Crippen LogP contribution is 2.33. The van der Waals surface area contributed by atoms with Crippen molar-refractivity contribution in [2.45, 2.75) is 37.8 Å². The van der Waals surface area contributed by atoms with Crippen molar-refractivity contribution in [3.63, 3.8) is 0 Å². The third-order valence-electron chi connectivity index (χ3n) is 6.71. The summed E-state index contributed by atoms with van der Waals surface area (Å²) in [5.41, 5.74) is 3.86. The Balaban J connectivity index is 1.35. The summed E-state index contributed by atoms with van der Waals surface area (Å²) in [6, 6.07) is 13.8. The van der Waals surface area contributed by atoms with E-state index in [1.165, 1.54) is 30.4 Å². The molecule has 3 aliphatic heterocycles. The number of fused-ring (bicyclic) bond motifs is 5. The molecule has 4 nitrogen and oxygen atoms in total. The summed E-state index contributed by atoms with van der Waals surface area (Å²) >= 11 is 0. The highest BCUT2D eigenvalue weighted by Gasteiger charge is 2.40. The third kappa shape index (κ3) is 2.67. The minimum atomic E-state index is 0.212. The molecule has 0 spiro atoms. The zero-order valence-electron chi connectivity index (χ0n) is 15.5. The molecule has 0 unspecified atom stereocenters. The van der Waals surface area contributed by atoms with Crippen molar-refractivity contribution in [1.82, 2.24) is 14.4 Å². The van der Waals surface area contributed by atoms with Crippen molar-refractivity contribution < 1.29 is 4.79 Å². The van der Waals surface area contributed by atoms with Crippen molar-refractivity contribution >= 4 is 5.91 Å². The van der Waals surface area contributed by atoms with E-state index in [0.717, 1.165) is 31.7 Å². The Hall–Kier alpha value is -2.07. The van der Waals surface area contributed by atoms with Crippen molar-refractivity contribution in [1.29, 1.82) is 0 Å². The molecule has 1 aromatic heterocycles. The van der Waals surface area contributed by atoms with Gasteiger partial charge in [0.25, 0.3) is 5.91 Å². The molecular weight excluding hydrogens is 322 g/mol. The van der Waals surface area contributed by atoms with Crippen LogP contribution in [0.5, 0.6) is 0 Å². The number of hydrogen-bond donors (Lipinski definition) is 0. The Bertz CT molecular complexity index is 801. The fourth-order valence-electron chi connectivity index (χ4n) is 5.29. The molecular formula is C22H27N3O. The topological polar surface area (TPSA) is 28.5 Å². The second-order valence-corrected chi connectivity index (χ2v) is 8.34. The number of aryl methyl sites for hydroxylation is 1. The number of piperidine rings is 1. The first-order valence-corrected chi connectivity index (χ1v) is 9.92. The first-order valence-electron chi connectivity index (χ1n) is 9.92. The number of nitrogens with zero attached hydrogens (tertiary/aromatic N) is 3. The molecule has 6 rings (SSSR count). The van der Waals surface area contributed by atoms with Crippen LogP contribution in [0.15, 0.2) is 42.6 Å².